The zero-order valence-corrected chi connectivity index (χ0v) is 13.4. The molecular weight excluding hydrogens is 305 g/mol. The van der Waals surface area contributed by atoms with Crippen LogP contribution in [0.25, 0.3) is 0 Å². The number of aromatic nitrogens is 1. The van der Waals surface area contributed by atoms with Gasteiger partial charge in [-0.05, 0) is 36.8 Å². The number of nitrogens with zero attached hydrogens (tertiary/aromatic N) is 1. The molecule has 0 saturated carbocycles. The van der Waals surface area contributed by atoms with Crippen molar-refractivity contribution in [3.8, 4) is 11.5 Å². The van der Waals surface area contributed by atoms with Crippen molar-refractivity contribution in [3.63, 3.8) is 0 Å². The van der Waals surface area contributed by atoms with E-state index in [0.717, 1.165) is 22.4 Å². The van der Waals surface area contributed by atoms with E-state index in [4.69, 9.17) is 9.47 Å². The van der Waals surface area contributed by atoms with Gasteiger partial charge < -0.3 is 9.47 Å². The Balaban J connectivity index is 1.65. The zero-order chi connectivity index (χ0) is 16.8. The minimum absolute atomic E-state index is 0.281. The molecule has 0 bridgehead atoms. The average molecular weight is 323 g/mol. The molecule has 0 N–H and O–H groups in total. The topological polar surface area (TPSA) is 31.4 Å². The van der Waals surface area contributed by atoms with Crippen LogP contribution in [0.3, 0.4) is 0 Å². The lowest BCUT2D eigenvalue weighted by molar-refractivity contribution is 0.291. The van der Waals surface area contributed by atoms with Gasteiger partial charge in [-0.15, -0.1) is 0 Å². The molecule has 2 aromatic carbocycles. The Morgan fingerprint density at radius 3 is 2.38 bits per heavy atom. The molecule has 0 spiro atoms. The van der Waals surface area contributed by atoms with Crippen molar-refractivity contribution < 1.29 is 13.9 Å². The second kappa shape index (κ2) is 7.59. The normalized spacial score (nSPS) is 10.4. The molecule has 0 fully saturated rings. The number of ether oxygens (including phenoxy) is 2. The fraction of sp³-hybridized carbons (Fsp3) is 0.150. The second-order valence-corrected chi connectivity index (χ2v) is 5.44. The van der Waals surface area contributed by atoms with Crippen molar-refractivity contribution in [2.75, 3.05) is 0 Å². The maximum absolute atomic E-state index is 12.9. The number of hydrogen-bond acceptors (Lipinski definition) is 3. The summed E-state index contributed by atoms with van der Waals surface area (Å²) in [4.78, 5) is 4.22. The summed E-state index contributed by atoms with van der Waals surface area (Å²) >= 11 is 0. The summed E-state index contributed by atoms with van der Waals surface area (Å²) in [5.41, 5.74) is 3.03. The molecule has 0 aliphatic carbocycles. The van der Waals surface area contributed by atoms with Crippen LogP contribution in [0.2, 0.25) is 0 Å². The van der Waals surface area contributed by atoms with Gasteiger partial charge in [0.15, 0.2) is 0 Å². The summed E-state index contributed by atoms with van der Waals surface area (Å²) in [6, 6.07) is 15.9. The quantitative estimate of drug-likeness (QED) is 0.659. The van der Waals surface area contributed by atoms with E-state index in [1.807, 2.05) is 37.3 Å². The van der Waals surface area contributed by atoms with Crippen molar-refractivity contribution >= 4 is 0 Å². The van der Waals surface area contributed by atoms with Gasteiger partial charge in [-0.25, -0.2) is 4.39 Å². The summed E-state index contributed by atoms with van der Waals surface area (Å²) in [6.07, 6.45) is 3.47. The lowest BCUT2D eigenvalue weighted by Crippen LogP contribution is -2.03. The Morgan fingerprint density at radius 2 is 1.62 bits per heavy atom. The van der Waals surface area contributed by atoms with Crippen molar-refractivity contribution in [1.82, 2.24) is 4.98 Å². The summed E-state index contributed by atoms with van der Waals surface area (Å²) in [5.74, 6) is 1.07. The second-order valence-electron chi connectivity index (χ2n) is 5.44. The molecule has 1 heterocycles. The van der Waals surface area contributed by atoms with Crippen LogP contribution in [-0.4, -0.2) is 4.98 Å². The van der Waals surface area contributed by atoms with E-state index < -0.39 is 0 Å². The first kappa shape index (κ1) is 16.0. The highest BCUT2D eigenvalue weighted by molar-refractivity contribution is 5.36. The maximum Gasteiger partial charge on any atom is 0.141 e. The predicted molar refractivity (Wildman–Crippen MR) is 90.5 cm³/mol. The van der Waals surface area contributed by atoms with Gasteiger partial charge in [0, 0.05) is 17.3 Å². The van der Waals surface area contributed by atoms with Gasteiger partial charge in [0.1, 0.15) is 30.5 Å². The van der Waals surface area contributed by atoms with Gasteiger partial charge in [0.25, 0.3) is 0 Å². The van der Waals surface area contributed by atoms with E-state index in [2.05, 4.69) is 4.98 Å². The summed E-state index contributed by atoms with van der Waals surface area (Å²) in [5, 5.41) is 0. The zero-order valence-electron chi connectivity index (χ0n) is 13.4. The molecule has 0 amide bonds. The molecule has 0 atom stereocenters. The van der Waals surface area contributed by atoms with Crippen LogP contribution in [0.1, 0.15) is 16.7 Å². The molecule has 0 aliphatic heterocycles. The SMILES string of the molecule is Cc1c(COc2ccc(F)cc2)cncc1OCc1ccccc1. The molecule has 4 heteroatoms. The minimum atomic E-state index is -0.281. The Hall–Kier alpha value is -2.88. The Bertz CT molecular complexity index is 788. The lowest BCUT2D eigenvalue weighted by Gasteiger charge is -2.13. The van der Waals surface area contributed by atoms with Crippen LogP contribution in [0.5, 0.6) is 11.5 Å². The highest BCUT2D eigenvalue weighted by Gasteiger charge is 2.07. The molecule has 3 aromatic rings. The average Bonchev–Trinajstić information content (AvgIpc) is 2.62. The molecule has 0 radical (unpaired) electrons. The summed E-state index contributed by atoms with van der Waals surface area (Å²) in [6.45, 7) is 2.82. The Labute approximate surface area is 140 Å². The smallest absolute Gasteiger partial charge is 0.141 e. The molecule has 0 saturated heterocycles. The van der Waals surface area contributed by atoms with E-state index in [-0.39, 0.29) is 5.82 Å². The van der Waals surface area contributed by atoms with Crippen LogP contribution in [0, 0.1) is 12.7 Å². The number of benzene rings is 2. The number of halogens is 1. The number of rotatable bonds is 6. The van der Waals surface area contributed by atoms with E-state index in [1.54, 1.807) is 24.5 Å². The van der Waals surface area contributed by atoms with Gasteiger partial charge in [0.05, 0.1) is 6.20 Å². The van der Waals surface area contributed by atoms with E-state index in [9.17, 15) is 4.39 Å². The Kier molecular flexibility index (Phi) is 5.06. The first-order valence-electron chi connectivity index (χ1n) is 7.71. The Morgan fingerprint density at radius 1 is 0.875 bits per heavy atom. The van der Waals surface area contributed by atoms with Gasteiger partial charge in [-0.1, -0.05) is 30.3 Å². The molecule has 3 rings (SSSR count). The fourth-order valence-electron chi connectivity index (χ4n) is 2.27. The van der Waals surface area contributed by atoms with Crippen LogP contribution >= 0.6 is 0 Å². The monoisotopic (exact) mass is 323 g/mol. The molecular formula is C20H18FNO2. The number of hydrogen-bond donors (Lipinski definition) is 0. The van der Waals surface area contributed by atoms with Gasteiger partial charge in [0.2, 0.25) is 0 Å². The number of pyridine rings is 1. The van der Waals surface area contributed by atoms with Crippen LogP contribution in [0.15, 0.2) is 67.0 Å². The fourth-order valence-corrected chi connectivity index (χ4v) is 2.27. The highest BCUT2D eigenvalue weighted by atomic mass is 19.1. The third-order valence-electron chi connectivity index (χ3n) is 3.72. The van der Waals surface area contributed by atoms with Crippen LogP contribution in [-0.2, 0) is 13.2 Å². The molecule has 0 unspecified atom stereocenters. The molecule has 1 aromatic heterocycles. The van der Waals surface area contributed by atoms with Crippen molar-refractivity contribution in [1.29, 1.82) is 0 Å². The van der Waals surface area contributed by atoms with Crippen LogP contribution in [0.4, 0.5) is 4.39 Å². The van der Waals surface area contributed by atoms with Crippen molar-refractivity contribution in [2.24, 2.45) is 0 Å². The molecule has 24 heavy (non-hydrogen) atoms. The van der Waals surface area contributed by atoms with Gasteiger partial charge in [-0.2, -0.15) is 0 Å². The molecule has 0 aliphatic rings. The maximum atomic E-state index is 12.9. The van der Waals surface area contributed by atoms with Crippen molar-refractivity contribution in [2.45, 2.75) is 20.1 Å². The lowest BCUT2D eigenvalue weighted by atomic mass is 10.1. The minimum Gasteiger partial charge on any atom is -0.489 e. The first-order chi connectivity index (χ1) is 11.7. The molecule has 3 nitrogen and oxygen atoms in total. The third kappa shape index (κ3) is 4.10. The van der Waals surface area contributed by atoms with Crippen LogP contribution < -0.4 is 9.47 Å². The van der Waals surface area contributed by atoms with Crippen molar-refractivity contribution in [3.05, 3.63) is 89.5 Å². The van der Waals surface area contributed by atoms with E-state index in [0.29, 0.717) is 19.0 Å². The van der Waals surface area contributed by atoms with E-state index in [1.165, 1.54) is 12.1 Å². The first-order valence-corrected chi connectivity index (χ1v) is 7.71. The summed E-state index contributed by atoms with van der Waals surface area (Å²) in [7, 11) is 0. The predicted octanol–water partition coefficient (Wildman–Crippen LogP) is 4.69. The molecule has 122 valence electrons. The van der Waals surface area contributed by atoms with Gasteiger partial charge >= 0.3 is 0 Å². The highest BCUT2D eigenvalue weighted by Crippen LogP contribution is 2.22. The van der Waals surface area contributed by atoms with E-state index >= 15 is 0 Å². The van der Waals surface area contributed by atoms with Gasteiger partial charge in [-0.3, -0.25) is 4.98 Å². The largest absolute Gasteiger partial charge is 0.489 e. The standard InChI is InChI=1S/C20H18FNO2/c1-15-17(14-23-19-9-7-18(21)8-10-19)11-22-12-20(15)24-13-16-5-3-2-4-6-16/h2-12H,13-14H2,1H3. The third-order valence-corrected chi connectivity index (χ3v) is 3.72. The summed E-state index contributed by atoms with van der Waals surface area (Å²) < 4.78 is 24.5.